The number of nitrogens with one attached hydrogen (secondary N) is 2. The number of aliphatic hydroxyl groups excluding tert-OH is 1. The van der Waals surface area contributed by atoms with E-state index >= 15 is 4.39 Å². The number of thiocarbonyl (C=S) groups is 1. The summed E-state index contributed by atoms with van der Waals surface area (Å²) in [5, 5.41) is 25.9. The molecule has 1 aromatic heterocycles. The molecule has 69 heavy (non-hydrogen) atoms. The molecule has 3 heterocycles. The van der Waals surface area contributed by atoms with Crippen LogP contribution < -0.4 is 25.2 Å². The summed E-state index contributed by atoms with van der Waals surface area (Å²) in [5.74, 6) is -1.18. The summed E-state index contributed by atoms with van der Waals surface area (Å²) < 4.78 is 32.2. The monoisotopic (exact) mass is 977 g/mol. The van der Waals surface area contributed by atoms with Gasteiger partial charge >= 0.3 is 0 Å². The van der Waals surface area contributed by atoms with Gasteiger partial charge in [-0.3, -0.25) is 24.1 Å². The van der Waals surface area contributed by atoms with Gasteiger partial charge in [0.25, 0.3) is 5.91 Å². The molecule has 5 aromatic rings. The van der Waals surface area contributed by atoms with Gasteiger partial charge in [-0.1, -0.05) is 68.8 Å². The first-order valence-corrected chi connectivity index (χ1v) is 23.2. The van der Waals surface area contributed by atoms with Gasteiger partial charge < -0.3 is 39.4 Å². The average Bonchev–Trinajstić information content (AvgIpc) is 4.04. The molecule has 2 aliphatic rings. The highest BCUT2D eigenvalue weighted by atomic mass is 35.5. The topological polar surface area (TPSA) is 191 Å². The van der Waals surface area contributed by atoms with Crippen LogP contribution in [0.1, 0.15) is 65.0 Å². The minimum Gasteiger partial charge on any atom is -0.493 e. The molecule has 2 saturated heterocycles. The fourth-order valence-electron chi connectivity index (χ4n) is 8.24. The third kappa shape index (κ3) is 11.4. The van der Waals surface area contributed by atoms with Crippen molar-refractivity contribution in [2.45, 2.75) is 84.2 Å². The van der Waals surface area contributed by atoms with E-state index in [9.17, 15) is 29.5 Å². The Morgan fingerprint density at radius 3 is 2.36 bits per heavy atom. The zero-order valence-corrected chi connectivity index (χ0v) is 40.4. The summed E-state index contributed by atoms with van der Waals surface area (Å²) in [6.45, 7) is 9.29. The van der Waals surface area contributed by atoms with Crippen LogP contribution in [-0.2, 0) is 30.5 Å². The summed E-state index contributed by atoms with van der Waals surface area (Å²) >= 11 is 12.0. The van der Waals surface area contributed by atoms with Crippen LogP contribution >= 0.6 is 23.8 Å². The molecule has 15 nitrogen and oxygen atoms in total. The SMILES string of the molecule is CC(C)(C)C(NC(=O)COCCCCOc1ccc(-c2ccc(N3C(=S)N(c4ccc(C#N)c(Cl)c4)C(=O)C3(C)C)cc2)c(F)c1)C(=O)N1C[C@H](O)C[C@H]1C(=O)NCc1ccc(-c2cnco2)cc1. The Labute approximate surface area is 410 Å². The summed E-state index contributed by atoms with van der Waals surface area (Å²) in [6, 6.07) is 23.9. The smallest absolute Gasteiger partial charge is 0.259 e. The average molecular weight is 979 g/mol. The van der Waals surface area contributed by atoms with Gasteiger partial charge in [0.05, 0.1) is 35.2 Å². The lowest BCUT2D eigenvalue weighted by atomic mass is 9.85. The molecule has 0 aliphatic carbocycles. The number of halogens is 2. The third-order valence-electron chi connectivity index (χ3n) is 12.0. The standard InChI is InChI=1S/C51H53ClFN7O8S/c1-50(2,3)45(47(64)58-28-37(61)23-42(58)46(63)56-26-31-8-10-33(11-9-31)43-27-55-30-68-43)57-44(62)29-66-20-6-7-21-67-38-18-19-39(41(53)24-38)32-12-15-35(16-13-32)60-49(69)59(48(65)51(60,4)5)36-17-14-34(25-54)40(52)22-36/h8-19,22,24,27,30,37,42,45,61H,6-7,20-21,23,26,28-29H2,1-5H3,(H,56,63)(H,57,62)/t37-,42+,45?/m1/s1. The van der Waals surface area contributed by atoms with Gasteiger partial charge in [-0.25, -0.2) is 9.37 Å². The van der Waals surface area contributed by atoms with Crippen LogP contribution in [0.2, 0.25) is 5.02 Å². The van der Waals surface area contributed by atoms with Gasteiger partial charge in [-0.2, -0.15) is 5.26 Å². The number of carbonyl (C=O) groups is 4. The first-order chi connectivity index (χ1) is 32.9. The second kappa shape index (κ2) is 21.3. The Balaban J connectivity index is 0.844. The predicted octanol–water partition coefficient (Wildman–Crippen LogP) is 7.57. The van der Waals surface area contributed by atoms with Crippen LogP contribution in [0, 0.1) is 22.6 Å². The van der Waals surface area contributed by atoms with Crippen LogP contribution in [0.4, 0.5) is 15.8 Å². The minimum absolute atomic E-state index is 0.0482. The fraction of sp³-hybridized carbons (Fsp3) is 0.353. The molecule has 3 N–H and O–H groups in total. The molecule has 4 aromatic carbocycles. The number of nitrogens with zero attached hydrogens (tertiary/aromatic N) is 5. The quantitative estimate of drug-likeness (QED) is 0.0613. The van der Waals surface area contributed by atoms with Crippen molar-refractivity contribution in [1.29, 1.82) is 5.26 Å². The number of benzene rings is 4. The molecular weight excluding hydrogens is 925 g/mol. The van der Waals surface area contributed by atoms with Gasteiger partial charge in [-0.05, 0) is 97.9 Å². The van der Waals surface area contributed by atoms with E-state index in [4.69, 9.17) is 37.7 Å². The van der Waals surface area contributed by atoms with Crippen LogP contribution in [0.3, 0.4) is 0 Å². The second-order valence-electron chi connectivity index (χ2n) is 18.4. The second-order valence-corrected chi connectivity index (χ2v) is 19.2. The largest absolute Gasteiger partial charge is 0.493 e. The highest BCUT2D eigenvalue weighted by molar-refractivity contribution is 7.81. The van der Waals surface area contributed by atoms with E-state index < -0.39 is 52.7 Å². The molecule has 18 heteroatoms. The maximum atomic E-state index is 15.5. The van der Waals surface area contributed by atoms with E-state index in [-0.39, 0.29) is 60.9 Å². The molecule has 0 spiro atoms. The fourth-order valence-corrected chi connectivity index (χ4v) is 8.98. The highest BCUT2D eigenvalue weighted by Gasteiger charge is 2.50. The number of likely N-dealkylation sites (tertiary alicyclic amines) is 1. The van der Waals surface area contributed by atoms with Gasteiger partial charge in [0.2, 0.25) is 17.7 Å². The van der Waals surface area contributed by atoms with Gasteiger partial charge in [0.15, 0.2) is 17.3 Å². The molecule has 360 valence electrons. The highest BCUT2D eigenvalue weighted by Crippen LogP contribution is 2.39. The Kier molecular flexibility index (Phi) is 15.5. The zero-order chi connectivity index (χ0) is 49.6. The van der Waals surface area contributed by atoms with Crippen molar-refractivity contribution >= 4 is 63.9 Å². The normalized spacial score (nSPS) is 17.2. The molecule has 0 bridgehead atoms. The number of hydrogen-bond acceptors (Lipinski definition) is 11. The molecule has 0 radical (unpaired) electrons. The Morgan fingerprint density at radius 1 is 1.01 bits per heavy atom. The first kappa shape index (κ1) is 50.2. The number of rotatable bonds is 17. The number of hydrogen-bond donors (Lipinski definition) is 3. The molecule has 2 aliphatic heterocycles. The van der Waals surface area contributed by atoms with Gasteiger partial charge in [0.1, 0.15) is 41.9 Å². The minimum atomic E-state index is -1.05. The number of oxazole rings is 1. The van der Waals surface area contributed by atoms with Crippen molar-refractivity contribution in [2.24, 2.45) is 5.41 Å². The summed E-state index contributed by atoms with van der Waals surface area (Å²) in [5.41, 5.74) is 2.20. The van der Waals surface area contributed by atoms with Crippen molar-refractivity contribution in [3.05, 3.63) is 119 Å². The summed E-state index contributed by atoms with van der Waals surface area (Å²) in [6.07, 6.45) is 3.21. The lowest BCUT2D eigenvalue weighted by Crippen LogP contribution is -2.58. The number of aliphatic hydroxyl groups is 1. The van der Waals surface area contributed by atoms with E-state index in [0.29, 0.717) is 46.9 Å². The maximum Gasteiger partial charge on any atom is 0.259 e. The number of nitriles is 1. The molecule has 1 unspecified atom stereocenters. The Morgan fingerprint density at radius 2 is 1.71 bits per heavy atom. The molecule has 0 saturated carbocycles. The number of ether oxygens (including phenoxy) is 2. The van der Waals surface area contributed by atoms with E-state index in [1.54, 1.807) is 88.2 Å². The third-order valence-corrected chi connectivity index (χ3v) is 12.7. The molecule has 4 amide bonds. The van der Waals surface area contributed by atoms with Crippen LogP contribution in [0.25, 0.3) is 22.5 Å². The van der Waals surface area contributed by atoms with Crippen LogP contribution in [0.15, 0.2) is 102 Å². The van der Waals surface area contributed by atoms with Crippen molar-refractivity contribution in [1.82, 2.24) is 20.5 Å². The number of carbonyl (C=O) groups excluding carboxylic acids is 4. The first-order valence-electron chi connectivity index (χ1n) is 22.4. The molecular formula is C51H53ClFN7O8S. The van der Waals surface area contributed by atoms with E-state index in [1.165, 1.54) is 34.4 Å². The number of unbranched alkanes of at least 4 members (excludes halogenated alkanes) is 1. The maximum absolute atomic E-state index is 15.5. The van der Waals surface area contributed by atoms with Gasteiger partial charge in [-0.15, -0.1) is 0 Å². The number of amides is 4. The molecule has 7 rings (SSSR count). The van der Waals surface area contributed by atoms with Crippen LogP contribution in [-0.4, -0.2) is 93.8 Å². The lowest BCUT2D eigenvalue weighted by Gasteiger charge is -2.35. The number of aromatic nitrogens is 1. The van der Waals surface area contributed by atoms with Crippen molar-refractivity contribution in [2.75, 3.05) is 36.2 Å². The van der Waals surface area contributed by atoms with Crippen LogP contribution in [0.5, 0.6) is 5.75 Å². The Hall–Kier alpha value is -6.71. The van der Waals surface area contributed by atoms with E-state index in [1.807, 2.05) is 30.3 Å². The van der Waals surface area contributed by atoms with Crippen molar-refractivity contribution < 1.29 is 42.6 Å². The predicted molar refractivity (Wildman–Crippen MR) is 261 cm³/mol. The summed E-state index contributed by atoms with van der Waals surface area (Å²) in [4.78, 5) is 62.4. The number of β-amino-alcohol motifs (C(OH)–C–C–N with tert-alkyl or cyclic N) is 1. The molecule has 2 fully saturated rings. The lowest BCUT2D eigenvalue weighted by molar-refractivity contribution is -0.144. The van der Waals surface area contributed by atoms with Gasteiger partial charge in [0, 0.05) is 49.0 Å². The van der Waals surface area contributed by atoms with Crippen molar-refractivity contribution in [3.63, 3.8) is 0 Å². The Bertz CT molecular complexity index is 2740. The van der Waals surface area contributed by atoms with Crippen molar-refractivity contribution in [3.8, 4) is 34.3 Å². The van der Waals surface area contributed by atoms with E-state index in [2.05, 4.69) is 15.6 Å². The summed E-state index contributed by atoms with van der Waals surface area (Å²) in [7, 11) is 0. The molecule has 3 atom stereocenters. The number of anilines is 2. The zero-order valence-electron chi connectivity index (χ0n) is 38.8. The van der Waals surface area contributed by atoms with E-state index in [0.717, 1.165) is 11.1 Å².